The number of amides is 1. The zero-order chi connectivity index (χ0) is 18.5. The molecule has 3 rings (SSSR count). The van der Waals surface area contributed by atoms with Gasteiger partial charge >= 0.3 is 0 Å². The second-order valence-corrected chi connectivity index (χ2v) is 6.75. The van der Waals surface area contributed by atoms with Crippen LogP contribution in [0.5, 0.6) is 11.5 Å². The fourth-order valence-corrected chi connectivity index (χ4v) is 3.08. The van der Waals surface area contributed by atoms with Crippen LogP contribution in [-0.4, -0.2) is 37.2 Å². The van der Waals surface area contributed by atoms with E-state index in [1.54, 1.807) is 18.2 Å². The van der Waals surface area contributed by atoms with Crippen LogP contribution in [0, 0.1) is 0 Å². The third-order valence-electron chi connectivity index (χ3n) is 3.58. The zero-order valence-corrected chi connectivity index (χ0v) is 15.9. The number of hydrogen-bond acceptors (Lipinski definition) is 5. The monoisotopic (exact) mass is 415 g/mol. The van der Waals surface area contributed by atoms with Crippen molar-refractivity contribution < 1.29 is 14.3 Å². The molecule has 0 spiro atoms. The summed E-state index contributed by atoms with van der Waals surface area (Å²) in [4.78, 5) is 16.4. The third-order valence-corrected chi connectivity index (χ3v) is 4.35. The Kier molecular flexibility index (Phi) is 6.29. The number of carbonyl (C=O) groups is 1. The lowest BCUT2D eigenvalue weighted by molar-refractivity contribution is 0.0954. The topological polar surface area (TPSA) is 72.5 Å². The molecule has 6 nitrogen and oxygen atoms in total. The van der Waals surface area contributed by atoms with Crippen molar-refractivity contribution in [2.24, 2.45) is 0 Å². The number of halogens is 3. The minimum Gasteiger partial charge on any atom is -0.489 e. The highest BCUT2D eigenvalue weighted by Crippen LogP contribution is 2.37. The van der Waals surface area contributed by atoms with Crippen LogP contribution in [0.3, 0.4) is 0 Å². The van der Waals surface area contributed by atoms with Gasteiger partial charge in [-0.05, 0) is 18.2 Å². The summed E-state index contributed by atoms with van der Waals surface area (Å²) < 4.78 is 11.1. The number of ether oxygens (including phenoxy) is 2. The van der Waals surface area contributed by atoms with Gasteiger partial charge < -0.3 is 20.1 Å². The van der Waals surface area contributed by atoms with Gasteiger partial charge in [-0.2, -0.15) is 0 Å². The molecule has 0 saturated heterocycles. The minimum absolute atomic E-state index is 0.264. The van der Waals surface area contributed by atoms with Crippen LogP contribution in [0.1, 0.15) is 16.8 Å². The quantitative estimate of drug-likeness (QED) is 0.720. The Balaban J connectivity index is 1.56. The molecule has 0 saturated carbocycles. The standard InChI is InChI=1S/C17H16Cl3N3O3/c18-11-8-13(20)16(23-9-11)21-2-3-22-17(24)10-6-12(19)15-14(7-10)25-4-1-5-26-15/h6-9H,1-5H2,(H,21,23)(H,22,24). The highest BCUT2D eigenvalue weighted by Gasteiger charge is 2.18. The number of anilines is 1. The number of nitrogens with zero attached hydrogens (tertiary/aromatic N) is 1. The number of fused-ring (bicyclic) bond motifs is 1. The van der Waals surface area contributed by atoms with E-state index in [9.17, 15) is 4.79 Å². The average molecular weight is 417 g/mol. The minimum atomic E-state index is -0.264. The summed E-state index contributed by atoms with van der Waals surface area (Å²) in [5.41, 5.74) is 0.405. The maximum absolute atomic E-state index is 12.3. The van der Waals surface area contributed by atoms with Gasteiger partial charge in [0.15, 0.2) is 11.5 Å². The molecule has 138 valence electrons. The zero-order valence-electron chi connectivity index (χ0n) is 13.7. The van der Waals surface area contributed by atoms with Gasteiger partial charge in [-0.3, -0.25) is 4.79 Å². The molecule has 1 aliphatic rings. The highest BCUT2D eigenvalue weighted by molar-refractivity contribution is 6.36. The molecule has 2 heterocycles. The Morgan fingerprint density at radius 3 is 2.69 bits per heavy atom. The van der Waals surface area contributed by atoms with Gasteiger partial charge in [-0.25, -0.2) is 4.98 Å². The van der Waals surface area contributed by atoms with Crippen molar-refractivity contribution in [2.45, 2.75) is 6.42 Å². The molecule has 0 fully saturated rings. The molecule has 1 aromatic heterocycles. The van der Waals surface area contributed by atoms with Gasteiger partial charge in [-0.1, -0.05) is 34.8 Å². The van der Waals surface area contributed by atoms with Crippen LogP contribution >= 0.6 is 34.8 Å². The van der Waals surface area contributed by atoms with Crippen LogP contribution in [0.2, 0.25) is 15.1 Å². The lowest BCUT2D eigenvalue weighted by Crippen LogP contribution is -2.29. The van der Waals surface area contributed by atoms with Gasteiger partial charge in [0.1, 0.15) is 5.82 Å². The van der Waals surface area contributed by atoms with Gasteiger partial charge in [0, 0.05) is 31.3 Å². The molecule has 0 bridgehead atoms. The molecule has 2 N–H and O–H groups in total. The molecule has 0 aliphatic carbocycles. The van der Waals surface area contributed by atoms with E-state index in [0.29, 0.717) is 64.3 Å². The van der Waals surface area contributed by atoms with E-state index in [2.05, 4.69) is 15.6 Å². The molecule has 0 atom stereocenters. The Hall–Kier alpha value is -1.89. The molecule has 2 aromatic rings. The SMILES string of the molecule is O=C(NCCNc1ncc(Cl)cc1Cl)c1cc(Cl)c2c(c1)OCCCO2. The van der Waals surface area contributed by atoms with E-state index in [0.717, 1.165) is 6.42 Å². The van der Waals surface area contributed by atoms with Crippen molar-refractivity contribution in [3.8, 4) is 11.5 Å². The normalized spacial score (nSPS) is 13.0. The van der Waals surface area contributed by atoms with E-state index in [1.807, 2.05) is 0 Å². The molecule has 0 radical (unpaired) electrons. The summed E-state index contributed by atoms with van der Waals surface area (Å²) in [7, 11) is 0. The first-order valence-corrected chi connectivity index (χ1v) is 9.10. The number of pyridine rings is 1. The summed E-state index contributed by atoms with van der Waals surface area (Å²) in [5, 5.41) is 7.05. The summed E-state index contributed by atoms with van der Waals surface area (Å²) in [6, 6.07) is 4.79. The van der Waals surface area contributed by atoms with E-state index in [1.165, 1.54) is 6.20 Å². The van der Waals surface area contributed by atoms with E-state index < -0.39 is 0 Å². The van der Waals surface area contributed by atoms with Crippen molar-refractivity contribution >= 4 is 46.5 Å². The van der Waals surface area contributed by atoms with Gasteiger partial charge in [-0.15, -0.1) is 0 Å². The second kappa shape index (κ2) is 8.66. The molecule has 1 aliphatic heterocycles. The van der Waals surface area contributed by atoms with Crippen molar-refractivity contribution in [1.29, 1.82) is 0 Å². The Morgan fingerprint density at radius 1 is 1.08 bits per heavy atom. The lowest BCUT2D eigenvalue weighted by atomic mass is 10.2. The fraction of sp³-hybridized carbons (Fsp3) is 0.294. The van der Waals surface area contributed by atoms with Gasteiger partial charge in [0.2, 0.25) is 0 Å². The first-order valence-electron chi connectivity index (χ1n) is 7.97. The summed E-state index contributed by atoms with van der Waals surface area (Å²) >= 11 is 18.0. The van der Waals surface area contributed by atoms with Crippen LogP contribution in [0.25, 0.3) is 0 Å². The molecular formula is C17H16Cl3N3O3. The second-order valence-electron chi connectivity index (χ2n) is 5.50. The molecule has 0 unspecified atom stereocenters. The van der Waals surface area contributed by atoms with E-state index >= 15 is 0 Å². The molecule has 26 heavy (non-hydrogen) atoms. The van der Waals surface area contributed by atoms with Crippen molar-refractivity contribution in [1.82, 2.24) is 10.3 Å². The van der Waals surface area contributed by atoms with Crippen LogP contribution in [-0.2, 0) is 0 Å². The van der Waals surface area contributed by atoms with E-state index in [-0.39, 0.29) is 5.91 Å². The maximum atomic E-state index is 12.3. The first-order chi connectivity index (χ1) is 12.5. The largest absolute Gasteiger partial charge is 0.489 e. The smallest absolute Gasteiger partial charge is 0.251 e. The van der Waals surface area contributed by atoms with Crippen molar-refractivity contribution in [2.75, 3.05) is 31.6 Å². The fourth-order valence-electron chi connectivity index (χ4n) is 2.37. The predicted octanol–water partition coefficient (Wildman–Crippen LogP) is 4.05. The first kappa shape index (κ1) is 18.9. The number of hydrogen-bond donors (Lipinski definition) is 2. The Labute approximate surface area is 165 Å². The number of rotatable bonds is 5. The molecule has 1 aromatic carbocycles. The highest BCUT2D eigenvalue weighted by atomic mass is 35.5. The van der Waals surface area contributed by atoms with E-state index in [4.69, 9.17) is 44.3 Å². The molecule has 9 heteroatoms. The lowest BCUT2D eigenvalue weighted by Gasteiger charge is -2.12. The average Bonchev–Trinajstić information content (AvgIpc) is 2.86. The molecule has 1 amide bonds. The number of carbonyl (C=O) groups excluding carboxylic acids is 1. The summed E-state index contributed by atoms with van der Waals surface area (Å²) in [5.74, 6) is 1.20. The van der Waals surface area contributed by atoms with Gasteiger partial charge in [0.05, 0.1) is 28.3 Å². The Morgan fingerprint density at radius 2 is 1.88 bits per heavy atom. The van der Waals surface area contributed by atoms with Crippen LogP contribution in [0.15, 0.2) is 24.4 Å². The summed E-state index contributed by atoms with van der Waals surface area (Å²) in [6.45, 7) is 1.86. The van der Waals surface area contributed by atoms with Crippen LogP contribution < -0.4 is 20.1 Å². The van der Waals surface area contributed by atoms with Crippen molar-refractivity contribution in [3.63, 3.8) is 0 Å². The number of benzene rings is 1. The maximum Gasteiger partial charge on any atom is 0.251 e. The number of aromatic nitrogens is 1. The van der Waals surface area contributed by atoms with Crippen LogP contribution in [0.4, 0.5) is 5.82 Å². The predicted molar refractivity (Wildman–Crippen MR) is 102 cm³/mol. The van der Waals surface area contributed by atoms with Gasteiger partial charge in [0.25, 0.3) is 5.91 Å². The third kappa shape index (κ3) is 4.63. The Bertz CT molecular complexity index is 817. The summed E-state index contributed by atoms with van der Waals surface area (Å²) in [6.07, 6.45) is 2.26. The number of nitrogens with one attached hydrogen (secondary N) is 2. The molecular weight excluding hydrogens is 401 g/mol. The van der Waals surface area contributed by atoms with Crippen molar-refractivity contribution in [3.05, 3.63) is 45.0 Å².